The third-order valence-corrected chi connectivity index (χ3v) is 7.01. The van der Waals surface area contributed by atoms with Crippen LogP contribution in [0.3, 0.4) is 0 Å². The standard InChI is InChI=1S/C18H24N2O5S/c1-14(21)11-20-12-18(7-9-19(10-8-18)15(2)22)13-25-16-5-3-4-6-17(16)26(20,23)24/h3-6H,7-13H2,1-2H3. The number of nitrogens with zero attached hydrogens (tertiary/aromatic N) is 2. The lowest BCUT2D eigenvalue weighted by Gasteiger charge is -2.44. The van der Waals surface area contributed by atoms with Gasteiger partial charge in [0.05, 0.1) is 13.2 Å². The van der Waals surface area contributed by atoms with Gasteiger partial charge in [0.2, 0.25) is 15.9 Å². The molecule has 1 aromatic carbocycles. The fourth-order valence-electron chi connectivity index (χ4n) is 3.64. The van der Waals surface area contributed by atoms with Gasteiger partial charge < -0.3 is 9.64 Å². The number of likely N-dealkylation sites (tertiary alicyclic amines) is 1. The van der Waals surface area contributed by atoms with Crippen LogP contribution < -0.4 is 4.74 Å². The number of piperidine rings is 1. The lowest BCUT2D eigenvalue weighted by molar-refractivity contribution is -0.131. The maximum atomic E-state index is 13.1. The molecule has 2 aliphatic rings. The predicted molar refractivity (Wildman–Crippen MR) is 95.3 cm³/mol. The summed E-state index contributed by atoms with van der Waals surface area (Å²) >= 11 is 0. The second-order valence-corrected chi connectivity index (χ2v) is 9.12. The first kappa shape index (κ1) is 18.8. The van der Waals surface area contributed by atoms with Crippen molar-refractivity contribution in [2.24, 2.45) is 5.41 Å². The van der Waals surface area contributed by atoms with Crippen LogP contribution in [0, 0.1) is 5.41 Å². The molecule has 0 atom stereocenters. The number of hydrogen-bond donors (Lipinski definition) is 0. The van der Waals surface area contributed by atoms with Crippen LogP contribution in [0.15, 0.2) is 29.2 Å². The molecule has 1 aromatic rings. The summed E-state index contributed by atoms with van der Waals surface area (Å²) in [6, 6.07) is 6.53. The molecule has 3 rings (SSSR count). The number of fused-ring (bicyclic) bond motifs is 1. The van der Waals surface area contributed by atoms with Gasteiger partial charge in [-0.2, -0.15) is 4.31 Å². The maximum Gasteiger partial charge on any atom is 0.247 e. The third-order valence-electron chi connectivity index (χ3n) is 5.18. The summed E-state index contributed by atoms with van der Waals surface area (Å²) in [5, 5.41) is 0. The maximum absolute atomic E-state index is 13.1. The van der Waals surface area contributed by atoms with Crippen LogP contribution in [0.5, 0.6) is 5.75 Å². The molecule has 0 bridgehead atoms. The van der Waals surface area contributed by atoms with E-state index < -0.39 is 15.4 Å². The van der Waals surface area contributed by atoms with Crippen molar-refractivity contribution in [2.45, 2.75) is 31.6 Å². The van der Waals surface area contributed by atoms with Crippen molar-refractivity contribution in [3.05, 3.63) is 24.3 Å². The van der Waals surface area contributed by atoms with Crippen LogP contribution in [0.2, 0.25) is 0 Å². The molecule has 7 nitrogen and oxygen atoms in total. The number of para-hydroxylation sites is 1. The quantitative estimate of drug-likeness (QED) is 0.772. The molecule has 1 fully saturated rings. The number of ether oxygens (including phenoxy) is 1. The molecule has 2 heterocycles. The number of ketones is 1. The lowest BCUT2D eigenvalue weighted by atomic mass is 9.78. The van der Waals surface area contributed by atoms with Crippen LogP contribution in [-0.2, 0) is 19.6 Å². The molecule has 8 heteroatoms. The summed E-state index contributed by atoms with van der Waals surface area (Å²) in [6.45, 7) is 4.48. The fourth-order valence-corrected chi connectivity index (χ4v) is 5.35. The number of Topliss-reactive ketones (excluding diaryl/α,β-unsaturated/α-hetero) is 1. The molecule has 0 radical (unpaired) electrons. The Morgan fingerprint density at radius 2 is 1.81 bits per heavy atom. The summed E-state index contributed by atoms with van der Waals surface area (Å²) in [4.78, 5) is 25.2. The first-order valence-corrected chi connectivity index (χ1v) is 10.1. The smallest absolute Gasteiger partial charge is 0.247 e. The molecule has 1 spiro atoms. The van der Waals surface area contributed by atoms with Gasteiger partial charge in [-0.25, -0.2) is 8.42 Å². The van der Waals surface area contributed by atoms with Crippen LogP contribution in [0.1, 0.15) is 26.7 Å². The monoisotopic (exact) mass is 380 g/mol. The van der Waals surface area contributed by atoms with Crippen LogP contribution >= 0.6 is 0 Å². The van der Waals surface area contributed by atoms with Crippen LogP contribution in [-0.4, -0.2) is 62.1 Å². The number of amides is 1. The minimum absolute atomic E-state index is 0.0187. The molecular weight excluding hydrogens is 356 g/mol. The number of benzene rings is 1. The molecule has 0 unspecified atom stereocenters. The SMILES string of the molecule is CC(=O)CN1CC2(CCN(C(C)=O)CC2)COc2ccccc2S1(=O)=O. The van der Waals surface area contributed by atoms with E-state index in [9.17, 15) is 18.0 Å². The van der Waals surface area contributed by atoms with Crippen LogP contribution in [0.4, 0.5) is 0 Å². The molecular formula is C18H24N2O5S. The Kier molecular flexibility index (Phi) is 5.07. The highest BCUT2D eigenvalue weighted by Crippen LogP contribution is 2.39. The Hall–Kier alpha value is -1.93. The number of carbonyl (C=O) groups excluding carboxylic acids is 2. The van der Waals surface area contributed by atoms with Gasteiger partial charge in [0.1, 0.15) is 16.4 Å². The topological polar surface area (TPSA) is 84.0 Å². The van der Waals surface area contributed by atoms with Crippen molar-refractivity contribution in [3.8, 4) is 5.75 Å². The van der Waals surface area contributed by atoms with Crippen molar-refractivity contribution in [1.82, 2.24) is 9.21 Å². The molecule has 2 aliphatic heterocycles. The van der Waals surface area contributed by atoms with Crippen molar-refractivity contribution in [3.63, 3.8) is 0 Å². The van der Waals surface area contributed by atoms with Gasteiger partial charge in [0, 0.05) is 32.0 Å². The minimum Gasteiger partial charge on any atom is -0.492 e. The Morgan fingerprint density at radius 3 is 2.42 bits per heavy atom. The molecule has 26 heavy (non-hydrogen) atoms. The Labute approximate surface area is 154 Å². The zero-order chi connectivity index (χ0) is 18.9. The molecule has 0 saturated carbocycles. The second kappa shape index (κ2) is 7.00. The van der Waals surface area contributed by atoms with Gasteiger partial charge in [0.25, 0.3) is 0 Å². The lowest BCUT2D eigenvalue weighted by Crippen LogP contribution is -2.52. The van der Waals surface area contributed by atoms with Crippen molar-refractivity contribution in [1.29, 1.82) is 0 Å². The average molecular weight is 380 g/mol. The first-order chi connectivity index (χ1) is 12.2. The Bertz CT molecular complexity index is 813. The first-order valence-electron chi connectivity index (χ1n) is 8.70. The highest BCUT2D eigenvalue weighted by atomic mass is 32.2. The fraction of sp³-hybridized carbons (Fsp3) is 0.556. The van der Waals surface area contributed by atoms with E-state index in [1.165, 1.54) is 24.2 Å². The summed E-state index contributed by atoms with van der Waals surface area (Å²) < 4.78 is 33.5. The van der Waals surface area contributed by atoms with Gasteiger partial charge >= 0.3 is 0 Å². The van der Waals surface area contributed by atoms with Crippen molar-refractivity contribution >= 4 is 21.7 Å². The van der Waals surface area contributed by atoms with E-state index in [1.54, 1.807) is 23.1 Å². The highest BCUT2D eigenvalue weighted by molar-refractivity contribution is 7.89. The van der Waals surface area contributed by atoms with E-state index in [2.05, 4.69) is 0 Å². The zero-order valence-corrected chi connectivity index (χ0v) is 15.9. The summed E-state index contributed by atoms with van der Waals surface area (Å²) in [5.41, 5.74) is -0.415. The van der Waals surface area contributed by atoms with E-state index in [1.807, 2.05) is 0 Å². The van der Waals surface area contributed by atoms with E-state index in [0.29, 0.717) is 38.3 Å². The largest absolute Gasteiger partial charge is 0.492 e. The van der Waals surface area contributed by atoms with Gasteiger partial charge in [-0.3, -0.25) is 9.59 Å². The van der Waals surface area contributed by atoms with Gasteiger partial charge in [-0.05, 0) is 31.9 Å². The highest BCUT2D eigenvalue weighted by Gasteiger charge is 2.43. The van der Waals surface area contributed by atoms with Gasteiger partial charge in [0.15, 0.2) is 0 Å². The predicted octanol–water partition coefficient (Wildman–Crippen LogP) is 1.29. The Balaban J connectivity index is 1.97. The van der Waals surface area contributed by atoms with E-state index in [4.69, 9.17) is 4.74 Å². The summed E-state index contributed by atoms with van der Waals surface area (Å²) in [7, 11) is -3.84. The molecule has 0 aliphatic carbocycles. The van der Waals surface area contributed by atoms with E-state index in [-0.39, 0.29) is 29.7 Å². The van der Waals surface area contributed by atoms with Crippen LogP contribution in [0.25, 0.3) is 0 Å². The average Bonchev–Trinajstić information content (AvgIpc) is 2.59. The minimum atomic E-state index is -3.84. The molecule has 0 N–H and O–H groups in total. The normalized spacial score (nSPS) is 22.0. The second-order valence-electron chi connectivity index (χ2n) is 7.22. The molecule has 1 amide bonds. The molecule has 142 valence electrons. The summed E-state index contributed by atoms with van der Waals surface area (Å²) in [6.07, 6.45) is 1.28. The molecule has 0 aromatic heterocycles. The number of rotatable bonds is 2. The van der Waals surface area contributed by atoms with E-state index >= 15 is 0 Å². The van der Waals surface area contributed by atoms with Crippen molar-refractivity contribution in [2.75, 3.05) is 32.8 Å². The summed E-state index contributed by atoms with van der Waals surface area (Å²) in [5.74, 6) is 0.128. The zero-order valence-electron chi connectivity index (χ0n) is 15.1. The third kappa shape index (κ3) is 3.61. The Morgan fingerprint density at radius 1 is 1.15 bits per heavy atom. The van der Waals surface area contributed by atoms with Gasteiger partial charge in [-0.15, -0.1) is 0 Å². The van der Waals surface area contributed by atoms with Gasteiger partial charge in [-0.1, -0.05) is 12.1 Å². The van der Waals surface area contributed by atoms with E-state index in [0.717, 1.165) is 0 Å². The van der Waals surface area contributed by atoms with Crippen molar-refractivity contribution < 1.29 is 22.7 Å². The number of sulfonamides is 1. The molecule has 1 saturated heterocycles. The number of hydrogen-bond acceptors (Lipinski definition) is 5. The number of carbonyl (C=O) groups is 2.